The molecule has 1 heterocycles. The molecule has 1 N–H and O–H groups in total. The lowest BCUT2D eigenvalue weighted by molar-refractivity contribution is 0.204. The molecule has 2 heteroatoms. The van der Waals surface area contributed by atoms with Crippen LogP contribution in [0.25, 0.3) is 0 Å². The van der Waals surface area contributed by atoms with Crippen molar-refractivity contribution in [3.05, 3.63) is 0 Å². The van der Waals surface area contributed by atoms with Crippen LogP contribution >= 0.6 is 0 Å². The van der Waals surface area contributed by atoms with Gasteiger partial charge in [-0.25, -0.2) is 0 Å². The van der Waals surface area contributed by atoms with E-state index in [2.05, 4.69) is 31.1 Å². The predicted molar refractivity (Wildman–Crippen MR) is 76.4 cm³/mol. The lowest BCUT2D eigenvalue weighted by atomic mass is 9.96. The molecule has 17 heavy (non-hydrogen) atoms. The van der Waals surface area contributed by atoms with Crippen molar-refractivity contribution < 1.29 is 0 Å². The molecule has 2 nitrogen and oxygen atoms in total. The monoisotopic (exact) mass is 240 g/mol. The van der Waals surface area contributed by atoms with Crippen LogP contribution in [0.3, 0.4) is 0 Å². The Balaban J connectivity index is 2.08. The van der Waals surface area contributed by atoms with Crippen molar-refractivity contribution >= 4 is 0 Å². The third kappa shape index (κ3) is 6.42. The van der Waals surface area contributed by atoms with Crippen molar-refractivity contribution in [1.29, 1.82) is 0 Å². The number of nitrogens with zero attached hydrogens (tertiary/aromatic N) is 1. The van der Waals surface area contributed by atoms with Crippen molar-refractivity contribution in [2.24, 2.45) is 11.8 Å². The maximum absolute atomic E-state index is 3.71. The minimum Gasteiger partial charge on any atom is -0.316 e. The Bertz CT molecular complexity index is 182. The zero-order valence-electron chi connectivity index (χ0n) is 12.2. The first-order valence-electron chi connectivity index (χ1n) is 7.65. The van der Waals surface area contributed by atoms with Crippen LogP contribution in [0, 0.1) is 11.8 Å². The normalized spacial score (nSPS) is 23.8. The first kappa shape index (κ1) is 15.0. The smallest absolute Gasteiger partial charge is 0.00187 e. The molecule has 1 rings (SSSR count). The van der Waals surface area contributed by atoms with Crippen molar-refractivity contribution in [3.63, 3.8) is 0 Å². The van der Waals surface area contributed by atoms with Crippen molar-refractivity contribution in [3.8, 4) is 0 Å². The van der Waals surface area contributed by atoms with Gasteiger partial charge in [-0.3, -0.25) is 0 Å². The summed E-state index contributed by atoms with van der Waals surface area (Å²) in [5, 5.41) is 3.71. The SMILES string of the molecule is CCCCC(CC)CNCC1CCCN(C)C1. The molecule has 2 unspecified atom stereocenters. The van der Waals surface area contributed by atoms with E-state index >= 15 is 0 Å². The molecule has 0 aromatic carbocycles. The second-order valence-corrected chi connectivity index (χ2v) is 5.85. The molecule has 2 atom stereocenters. The fourth-order valence-corrected chi connectivity index (χ4v) is 2.87. The van der Waals surface area contributed by atoms with E-state index in [-0.39, 0.29) is 0 Å². The molecule has 102 valence electrons. The molecule has 0 aromatic heterocycles. The Morgan fingerprint density at radius 2 is 2.18 bits per heavy atom. The van der Waals surface area contributed by atoms with Crippen LogP contribution in [0.1, 0.15) is 52.4 Å². The summed E-state index contributed by atoms with van der Waals surface area (Å²) in [7, 11) is 2.25. The Kier molecular flexibility index (Phi) is 7.87. The molecule has 0 aliphatic carbocycles. The van der Waals surface area contributed by atoms with Crippen LogP contribution in [-0.2, 0) is 0 Å². The Labute approximate surface area is 108 Å². The Hall–Kier alpha value is -0.0800. The first-order valence-corrected chi connectivity index (χ1v) is 7.65. The highest BCUT2D eigenvalue weighted by Gasteiger charge is 2.16. The van der Waals surface area contributed by atoms with E-state index in [4.69, 9.17) is 0 Å². The summed E-state index contributed by atoms with van der Waals surface area (Å²) in [5.74, 6) is 1.79. The quantitative estimate of drug-likeness (QED) is 0.701. The zero-order chi connectivity index (χ0) is 12.5. The number of hydrogen-bond acceptors (Lipinski definition) is 2. The minimum atomic E-state index is 0.887. The molecular formula is C15H32N2. The molecule has 1 saturated heterocycles. The third-order valence-corrected chi connectivity index (χ3v) is 4.13. The second kappa shape index (κ2) is 8.93. The van der Waals surface area contributed by atoms with Gasteiger partial charge in [-0.1, -0.05) is 33.1 Å². The van der Waals surface area contributed by atoms with Crippen molar-refractivity contribution in [2.75, 3.05) is 33.2 Å². The molecule has 0 aromatic rings. The molecule has 0 amide bonds. The largest absolute Gasteiger partial charge is 0.316 e. The van der Waals surface area contributed by atoms with Gasteiger partial charge in [-0.15, -0.1) is 0 Å². The minimum absolute atomic E-state index is 0.887. The number of piperidine rings is 1. The Morgan fingerprint density at radius 1 is 1.35 bits per heavy atom. The lowest BCUT2D eigenvalue weighted by Gasteiger charge is -2.30. The molecule has 0 spiro atoms. The molecule has 0 saturated carbocycles. The lowest BCUT2D eigenvalue weighted by Crippen LogP contribution is -2.38. The fourth-order valence-electron chi connectivity index (χ4n) is 2.87. The topological polar surface area (TPSA) is 15.3 Å². The van der Waals surface area contributed by atoms with Crippen LogP contribution in [0.2, 0.25) is 0 Å². The molecule has 1 aliphatic heterocycles. The van der Waals surface area contributed by atoms with E-state index in [0.29, 0.717) is 0 Å². The first-order chi connectivity index (χ1) is 8.26. The summed E-state index contributed by atoms with van der Waals surface area (Å²) in [6.07, 6.45) is 8.28. The molecule has 1 aliphatic rings. The van der Waals surface area contributed by atoms with E-state index in [1.54, 1.807) is 0 Å². The summed E-state index contributed by atoms with van der Waals surface area (Å²) >= 11 is 0. The van der Waals surface area contributed by atoms with Gasteiger partial charge in [0.15, 0.2) is 0 Å². The second-order valence-electron chi connectivity index (χ2n) is 5.85. The van der Waals surface area contributed by atoms with Gasteiger partial charge in [0.25, 0.3) is 0 Å². The maximum Gasteiger partial charge on any atom is 0.00187 e. The predicted octanol–water partition coefficient (Wildman–Crippen LogP) is 3.13. The van der Waals surface area contributed by atoms with Crippen LogP contribution < -0.4 is 5.32 Å². The standard InChI is InChI=1S/C15H32N2/c1-4-6-8-14(5-2)11-16-12-15-9-7-10-17(3)13-15/h14-16H,4-13H2,1-3H3. The average Bonchev–Trinajstić information content (AvgIpc) is 2.33. The zero-order valence-corrected chi connectivity index (χ0v) is 12.2. The number of nitrogens with one attached hydrogen (secondary N) is 1. The van der Waals surface area contributed by atoms with Gasteiger partial charge in [0.05, 0.1) is 0 Å². The number of rotatable bonds is 8. The van der Waals surface area contributed by atoms with E-state index in [0.717, 1.165) is 11.8 Å². The average molecular weight is 240 g/mol. The van der Waals surface area contributed by atoms with Gasteiger partial charge >= 0.3 is 0 Å². The van der Waals surface area contributed by atoms with Crippen LogP contribution in [-0.4, -0.2) is 38.1 Å². The molecule has 1 fully saturated rings. The summed E-state index contributed by atoms with van der Waals surface area (Å²) in [6.45, 7) is 9.67. The van der Waals surface area contributed by atoms with Gasteiger partial charge in [-0.05, 0) is 57.8 Å². The van der Waals surface area contributed by atoms with E-state index in [1.165, 1.54) is 64.7 Å². The summed E-state index contributed by atoms with van der Waals surface area (Å²) in [5.41, 5.74) is 0. The van der Waals surface area contributed by atoms with Crippen LogP contribution in [0.5, 0.6) is 0 Å². The summed E-state index contributed by atoms with van der Waals surface area (Å²) < 4.78 is 0. The summed E-state index contributed by atoms with van der Waals surface area (Å²) in [6, 6.07) is 0. The van der Waals surface area contributed by atoms with E-state index < -0.39 is 0 Å². The van der Waals surface area contributed by atoms with Crippen molar-refractivity contribution in [1.82, 2.24) is 10.2 Å². The highest BCUT2D eigenvalue weighted by molar-refractivity contribution is 4.73. The number of hydrogen-bond donors (Lipinski definition) is 1. The highest BCUT2D eigenvalue weighted by atomic mass is 15.1. The van der Waals surface area contributed by atoms with Gasteiger partial charge in [-0.2, -0.15) is 0 Å². The van der Waals surface area contributed by atoms with Crippen LogP contribution in [0.15, 0.2) is 0 Å². The van der Waals surface area contributed by atoms with Crippen molar-refractivity contribution in [2.45, 2.75) is 52.4 Å². The third-order valence-electron chi connectivity index (χ3n) is 4.13. The highest BCUT2D eigenvalue weighted by Crippen LogP contribution is 2.15. The summed E-state index contributed by atoms with van der Waals surface area (Å²) in [4.78, 5) is 2.48. The van der Waals surface area contributed by atoms with Gasteiger partial charge < -0.3 is 10.2 Å². The molecule has 0 radical (unpaired) electrons. The number of likely N-dealkylation sites (tertiary alicyclic amines) is 1. The molecule has 0 bridgehead atoms. The van der Waals surface area contributed by atoms with Crippen LogP contribution in [0.4, 0.5) is 0 Å². The van der Waals surface area contributed by atoms with Gasteiger partial charge in [0.2, 0.25) is 0 Å². The van der Waals surface area contributed by atoms with Gasteiger partial charge in [0, 0.05) is 6.54 Å². The number of unbranched alkanes of at least 4 members (excludes halogenated alkanes) is 1. The van der Waals surface area contributed by atoms with E-state index in [9.17, 15) is 0 Å². The van der Waals surface area contributed by atoms with Gasteiger partial charge in [0.1, 0.15) is 0 Å². The maximum atomic E-state index is 3.71. The Morgan fingerprint density at radius 3 is 2.82 bits per heavy atom. The molecular weight excluding hydrogens is 208 g/mol. The fraction of sp³-hybridized carbons (Fsp3) is 1.00. The van der Waals surface area contributed by atoms with E-state index in [1.807, 2.05) is 0 Å².